The van der Waals surface area contributed by atoms with Gasteiger partial charge in [-0.3, -0.25) is 14.4 Å². The van der Waals surface area contributed by atoms with Crippen molar-refractivity contribution >= 4 is 17.9 Å². The van der Waals surface area contributed by atoms with E-state index in [1.54, 1.807) is 0 Å². The zero-order valence-electron chi connectivity index (χ0n) is 51.5. The largest absolute Gasteiger partial charge is 0.462 e. The monoisotopic (exact) mass is 1080 g/mol. The van der Waals surface area contributed by atoms with Crippen LogP contribution in [0.3, 0.4) is 0 Å². The van der Waals surface area contributed by atoms with Crippen LogP contribution in [-0.2, 0) is 28.6 Å². The summed E-state index contributed by atoms with van der Waals surface area (Å²) in [5.74, 6) is -0.874. The summed E-state index contributed by atoms with van der Waals surface area (Å²) in [6, 6.07) is 0. The molecule has 0 heterocycles. The summed E-state index contributed by atoms with van der Waals surface area (Å²) in [5, 5.41) is 0. The molecular formula is C71H128O6. The van der Waals surface area contributed by atoms with Crippen LogP contribution in [0.25, 0.3) is 0 Å². The van der Waals surface area contributed by atoms with Gasteiger partial charge in [-0.05, 0) is 64.2 Å². The highest BCUT2D eigenvalue weighted by Crippen LogP contribution is 2.18. The van der Waals surface area contributed by atoms with Gasteiger partial charge in [-0.2, -0.15) is 0 Å². The topological polar surface area (TPSA) is 78.9 Å². The van der Waals surface area contributed by atoms with E-state index in [9.17, 15) is 14.4 Å². The Morgan fingerprint density at radius 3 is 0.792 bits per heavy atom. The van der Waals surface area contributed by atoms with Gasteiger partial charge in [-0.15, -0.1) is 0 Å². The molecule has 0 aromatic carbocycles. The average Bonchev–Trinajstić information content (AvgIpc) is 3.43. The van der Waals surface area contributed by atoms with Gasteiger partial charge in [0.2, 0.25) is 0 Å². The first kappa shape index (κ1) is 74.1. The Morgan fingerprint density at radius 1 is 0.273 bits per heavy atom. The number of unbranched alkanes of at least 4 members (excludes halogenated alkanes) is 41. The Labute approximate surface area is 479 Å². The minimum absolute atomic E-state index is 0.0775. The lowest BCUT2D eigenvalue weighted by Crippen LogP contribution is -2.30. The SMILES string of the molecule is CC/C=C\C/C=C\C/C=C\C/C=C\C/C=C\CCCCCCCC(=O)OC(COC(=O)CCCCCCCCCCCCCCC)COC(=O)CCCCCCCCCCCCCCCCCCCCCCCCCCC. The Morgan fingerprint density at radius 2 is 0.506 bits per heavy atom. The third kappa shape index (κ3) is 63.8. The van der Waals surface area contributed by atoms with Gasteiger partial charge < -0.3 is 14.2 Å². The molecule has 1 atom stereocenters. The summed E-state index contributed by atoms with van der Waals surface area (Å²) in [7, 11) is 0. The summed E-state index contributed by atoms with van der Waals surface area (Å²) in [4.78, 5) is 38.4. The van der Waals surface area contributed by atoms with Crippen LogP contribution in [0.2, 0.25) is 0 Å². The van der Waals surface area contributed by atoms with Crippen LogP contribution >= 0.6 is 0 Å². The van der Waals surface area contributed by atoms with E-state index in [0.717, 1.165) is 109 Å². The fourth-order valence-electron chi connectivity index (χ4n) is 10.0. The first-order chi connectivity index (χ1) is 38.0. The molecule has 0 rings (SSSR count). The second kappa shape index (κ2) is 65.6. The number of esters is 3. The van der Waals surface area contributed by atoms with Crippen LogP contribution in [0, 0.1) is 0 Å². The van der Waals surface area contributed by atoms with Gasteiger partial charge in [0.05, 0.1) is 0 Å². The lowest BCUT2D eigenvalue weighted by molar-refractivity contribution is -0.167. The maximum atomic E-state index is 12.9. The molecule has 0 saturated heterocycles. The van der Waals surface area contributed by atoms with Crippen LogP contribution in [0.5, 0.6) is 0 Å². The molecule has 6 nitrogen and oxygen atoms in total. The highest BCUT2D eigenvalue weighted by Gasteiger charge is 2.19. The fraction of sp³-hybridized carbons (Fsp3) is 0.817. The van der Waals surface area contributed by atoms with E-state index in [0.29, 0.717) is 19.3 Å². The number of rotatable bonds is 62. The van der Waals surface area contributed by atoms with Crippen molar-refractivity contribution in [3.05, 3.63) is 60.8 Å². The van der Waals surface area contributed by atoms with Gasteiger partial charge in [-0.25, -0.2) is 0 Å². The highest BCUT2D eigenvalue weighted by atomic mass is 16.6. The van der Waals surface area contributed by atoms with Crippen molar-refractivity contribution < 1.29 is 28.6 Å². The third-order valence-electron chi connectivity index (χ3n) is 15.0. The Balaban J connectivity index is 4.28. The quantitative estimate of drug-likeness (QED) is 0.0261. The van der Waals surface area contributed by atoms with Crippen molar-refractivity contribution in [2.24, 2.45) is 0 Å². The molecule has 0 saturated carbocycles. The van der Waals surface area contributed by atoms with Crippen LogP contribution in [-0.4, -0.2) is 37.2 Å². The van der Waals surface area contributed by atoms with E-state index < -0.39 is 6.10 Å². The Hall–Kier alpha value is -2.89. The van der Waals surface area contributed by atoms with Crippen LogP contribution in [0.15, 0.2) is 60.8 Å². The van der Waals surface area contributed by atoms with E-state index in [2.05, 4.69) is 81.5 Å². The standard InChI is InChI=1S/C71H128O6/c1-4-7-10-13-16-19-22-25-27-29-31-33-34-35-36-38-39-41-43-46-49-52-55-58-61-64-70(73)76-67-68(66-75-69(72)63-60-57-54-51-48-45-24-21-18-15-12-9-6-3)77-71(74)65-62-59-56-53-50-47-44-42-40-37-32-30-28-26-23-20-17-14-11-8-5-2/h8,11,17,20,26,28,32,37,42,44,68H,4-7,9-10,12-16,18-19,21-25,27,29-31,33-36,38-41,43,45-67H2,1-3H3/b11-8-,20-17-,28-26-,37-32-,44-42-. The summed E-state index contributed by atoms with van der Waals surface area (Å²) in [6.45, 7) is 6.57. The minimum Gasteiger partial charge on any atom is -0.462 e. The molecular weight excluding hydrogens is 949 g/mol. The van der Waals surface area contributed by atoms with Crippen molar-refractivity contribution in [3.63, 3.8) is 0 Å². The zero-order chi connectivity index (χ0) is 55.7. The molecule has 1 unspecified atom stereocenters. The molecule has 6 heteroatoms. The smallest absolute Gasteiger partial charge is 0.306 e. The summed E-state index contributed by atoms with van der Waals surface area (Å²) >= 11 is 0. The van der Waals surface area contributed by atoms with E-state index in [4.69, 9.17) is 14.2 Å². The molecule has 0 aliphatic heterocycles. The van der Waals surface area contributed by atoms with Gasteiger partial charge in [0.1, 0.15) is 13.2 Å². The fourth-order valence-corrected chi connectivity index (χ4v) is 10.0. The number of hydrogen-bond acceptors (Lipinski definition) is 6. The molecule has 0 bridgehead atoms. The summed E-state index contributed by atoms with van der Waals surface area (Å²) < 4.78 is 16.9. The first-order valence-corrected chi connectivity index (χ1v) is 33.8. The molecule has 0 aliphatic rings. The normalized spacial score (nSPS) is 12.4. The Bertz CT molecular complexity index is 1380. The predicted molar refractivity (Wildman–Crippen MR) is 335 cm³/mol. The molecule has 0 spiro atoms. The van der Waals surface area contributed by atoms with Crippen molar-refractivity contribution in [1.29, 1.82) is 0 Å². The van der Waals surface area contributed by atoms with Gasteiger partial charge in [0, 0.05) is 19.3 Å². The molecule has 448 valence electrons. The molecule has 0 amide bonds. The number of hydrogen-bond donors (Lipinski definition) is 0. The maximum absolute atomic E-state index is 12.9. The number of allylic oxidation sites excluding steroid dienone is 10. The van der Waals surface area contributed by atoms with Crippen molar-refractivity contribution in [2.45, 2.75) is 361 Å². The molecule has 0 N–H and O–H groups in total. The minimum atomic E-state index is -0.783. The lowest BCUT2D eigenvalue weighted by atomic mass is 10.0. The highest BCUT2D eigenvalue weighted by molar-refractivity contribution is 5.71. The summed E-state index contributed by atoms with van der Waals surface area (Å²) in [6.07, 6.45) is 83.8. The number of ether oxygens (including phenoxy) is 3. The van der Waals surface area contributed by atoms with Crippen molar-refractivity contribution in [1.82, 2.24) is 0 Å². The van der Waals surface area contributed by atoms with E-state index in [-0.39, 0.29) is 31.1 Å². The van der Waals surface area contributed by atoms with E-state index in [1.807, 2.05) is 0 Å². The second-order valence-corrected chi connectivity index (χ2v) is 22.7. The number of carbonyl (C=O) groups is 3. The van der Waals surface area contributed by atoms with E-state index >= 15 is 0 Å². The van der Waals surface area contributed by atoms with E-state index in [1.165, 1.54) is 205 Å². The second-order valence-electron chi connectivity index (χ2n) is 22.7. The molecule has 0 radical (unpaired) electrons. The van der Waals surface area contributed by atoms with Crippen molar-refractivity contribution in [3.8, 4) is 0 Å². The molecule has 77 heavy (non-hydrogen) atoms. The van der Waals surface area contributed by atoms with Gasteiger partial charge >= 0.3 is 17.9 Å². The van der Waals surface area contributed by atoms with Crippen LogP contribution in [0.4, 0.5) is 0 Å². The van der Waals surface area contributed by atoms with Gasteiger partial charge in [-0.1, -0.05) is 332 Å². The molecule has 0 aliphatic carbocycles. The molecule has 0 aromatic rings. The summed E-state index contributed by atoms with van der Waals surface area (Å²) in [5.41, 5.74) is 0. The van der Waals surface area contributed by atoms with Crippen LogP contribution < -0.4 is 0 Å². The lowest BCUT2D eigenvalue weighted by Gasteiger charge is -2.18. The molecule has 0 aromatic heterocycles. The van der Waals surface area contributed by atoms with Gasteiger partial charge in [0.25, 0.3) is 0 Å². The zero-order valence-corrected chi connectivity index (χ0v) is 51.5. The average molecular weight is 1080 g/mol. The third-order valence-corrected chi connectivity index (χ3v) is 15.0. The predicted octanol–water partition coefficient (Wildman–Crippen LogP) is 23.1. The maximum Gasteiger partial charge on any atom is 0.306 e. The Kier molecular flexibility index (Phi) is 63.2. The molecule has 0 fully saturated rings. The number of carbonyl (C=O) groups excluding carboxylic acids is 3. The first-order valence-electron chi connectivity index (χ1n) is 33.8. The van der Waals surface area contributed by atoms with Crippen LogP contribution in [0.1, 0.15) is 355 Å². The van der Waals surface area contributed by atoms with Crippen molar-refractivity contribution in [2.75, 3.05) is 13.2 Å². The van der Waals surface area contributed by atoms with Gasteiger partial charge in [0.15, 0.2) is 6.10 Å².